The molecule has 0 unspecified atom stereocenters. The summed E-state index contributed by atoms with van der Waals surface area (Å²) in [5.41, 5.74) is 40.8. The van der Waals surface area contributed by atoms with Crippen LogP contribution in [-0.2, 0) is 14.1 Å². The summed E-state index contributed by atoms with van der Waals surface area (Å²) in [6.07, 6.45) is 0. The monoisotopic (exact) mass is 821 g/mol. The molecule has 18 nitrogen and oxygen atoms in total. The van der Waals surface area contributed by atoms with Gasteiger partial charge in [0.05, 0.1) is 45.4 Å². The number of aromatic nitrogens is 12. The predicted molar refractivity (Wildman–Crippen MR) is 239 cm³/mol. The summed E-state index contributed by atoms with van der Waals surface area (Å²) >= 11 is 0. The largest absolute Gasteiger partial charge is 0.457 e. The molecule has 0 fully saturated rings. The third-order valence-corrected chi connectivity index (χ3v) is 10.6. The number of nitrogens with zero attached hydrogens (tertiary/aromatic N) is 12. The van der Waals surface area contributed by atoms with Crippen LogP contribution in [0.4, 0.5) is 22.7 Å². The van der Waals surface area contributed by atoms with Gasteiger partial charge in [0.1, 0.15) is 44.9 Å². The van der Waals surface area contributed by atoms with Gasteiger partial charge in [-0.1, -0.05) is 60.5 Å². The van der Waals surface area contributed by atoms with Gasteiger partial charge in [0.15, 0.2) is 11.1 Å². The fraction of sp³-hybridized carbons (Fsp3) is 0.476. The van der Waals surface area contributed by atoms with Gasteiger partial charge in [-0.15, -0.1) is 20.4 Å². The SMILES string of the molecule is Cc1nnc2c(C(C)C)c(C)n(C)c2c1N.Cc1nnc2c(C(C)C)c(C)oc2c1N.Cc1nnc2c(C(C)C)nn(C)c2c1N.Cc1nnc2c(C(C)C)noc2c1N. The van der Waals surface area contributed by atoms with Crippen molar-refractivity contribution in [3.05, 3.63) is 56.7 Å². The highest BCUT2D eigenvalue weighted by Gasteiger charge is 2.21. The Labute approximate surface area is 349 Å². The number of nitrogen functional groups attached to an aromatic ring is 4. The van der Waals surface area contributed by atoms with E-state index in [1.54, 1.807) is 11.6 Å². The summed E-state index contributed by atoms with van der Waals surface area (Å²) in [6.45, 7) is 28.2. The standard InChI is InChI=1S/C12H18N4.C11H15N3O.C10H15N5.C9H12N4O/c1-6(2)9-8(4)16(5)12-10(13)7(3)14-15-11(9)12;1-5(2)8-7(4)15-11-9(12)6(3)13-14-10(8)11;1-5(2)8-9-10(15(4)14-8)7(11)6(3)12-13-9;1-4(2)7-8-9(14-13-7)6(10)5(3)11-12-8/h6H,1-5H3,(H2,13,15);5H,1-4H3,(H2,12,14);5H,1-4H3,(H2,11,13);4H,1-3H3,(H2,10,12). The minimum atomic E-state index is 0.257. The fourth-order valence-corrected chi connectivity index (χ4v) is 7.07. The molecule has 0 spiro atoms. The van der Waals surface area contributed by atoms with Crippen LogP contribution in [0.2, 0.25) is 0 Å². The molecule has 0 saturated carbocycles. The molecule has 0 aliphatic heterocycles. The van der Waals surface area contributed by atoms with Crippen molar-refractivity contribution in [1.82, 2.24) is 60.3 Å². The van der Waals surface area contributed by atoms with E-state index in [9.17, 15) is 0 Å². The summed E-state index contributed by atoms with van der Waals surface area (Å²) in [5, 5.41) is 41.2. The average Bonchev–Trinajstić information content (AvgIpc) is 3.93. The Bertz CT molecular complexity index is 2820. The second-order valence-corrected chi connectivity index (χ2v) is 16.4. The van der Waals surface area contributed by atoms with Gasteiger partial charge < -0.3 is 36.4 Å². The van der Waals surface area contributed by atoms with Crippen molar-refractivity contribution in [3.8, 4) is 0 Å². The van der Waals surface area contributed by atoms with Gasteiger partial charge in [-0.05, 0) is 59.3 Å². The summed E-state index contributed by atoms with van der Waals surface area (Å²) in [6, 6.07) is 0. The van der Waals surface area contributed by atoms with Crippen LogP contribution in [0.5, 0.6) is 0 Å². The lowest BCUT2D eigenvalue weighted by atomic mass is 10.0. The zero-order valence-corrected chi connectivity index (χ0v) is 37.8. The normalized spacial score (nSPS) is 11.5. The van der Waals surface area contributed by atoms with E-state index in [-0.39, 0.29) is 5.92 Å². The zero-order chi connectivity index (χ0) is 44.7. The van der Waals surface area contributed by atoms with Crippen molar-refractivity contribution in [1.29, 1.82) is 0 Å². The zero-order valence-electron chi connectivity index (χ0n) is 37.8. The second kappa shape index (κ2) is 17.4. The van der Waals surface area contributed by atoms with Crippen LogP contribution in [0.25, 0.3) is 44.3 Å². The first-order valence-electron chi connectivity index (χ1n) is 20.0. The minimum Gasteiger partial charge on any atom is -0.457 e. The van der Waals surface area contributed by atoms with E-state index >= 15 is 0 Å². The highest BCUT2D eigenvalue weighted by Crippen LogP contribution is 2.34. The third kappa shape index (κ3) is 8.22. The molecule has 8 heterocycles. The Morgan fingerprint density at radius 2 is 0.917 bits per heavy atom. The lowest BCUT2D eigenvalue weighted by Gasteiger charge is -2.04. The van der Waals surface area contributed by atoms with E-state index in [2.05, 4.69) is 104 Å². The molecule has 0 radical (unpaired) electrons. The third-order valence-electron chi connectivity index (χ3n) is 10.6. The van der Waals surface area contributed by atoms with Gasteiger partial charge in [0.25, 0.3) is 0 Å². The number of fused-ring (bicyclic) bond motifs is 4. The molecule has 0 saturated heterocycles. The number of anilines is 4. The van der Waals surface area contributed by atoms with Crippen LogP contribution >= 0.6 is 0 Å². The van der Waals surface area contributed by atoms with Crippen molar-refractivity contribution in [2.24, 2.45) is 14.1 Å². The van der Waals surface area contributed by atoms with Crippen LogP contribution in [0, 0.1) is 41.5 Å². The summed E-state index contributed by atoms with van der Waals surface area (Å²) in [4.78, 5) is 0. The van der Waals surface area contributed by atoms with Gasteiger partial charge in [-0.3, -0.25) is 4.68 Å². The second-order valence-electron chi connectivity index (χ2n) is 16.4. The molecular formula is C42H60N16O2. The van der Waals surface area contributed by atoms with Crippen molar-refractivity contribution in [2.45, 2.75) is 121 Å². The van der Waals surface area contributed by atoms with Gasteiger partial charge in [0.2, 0.25) is 5.58 Å². The number of rotatable bonds is 4. The van der Waals surface area contributed by atoms with E-state index < -0.39 is 0 Å². The average molecular weight is 821 g/mol. The summed E-state index contributed by atoms with van der Waals surface area (Å²) in [7, 11) is 3.91. The topological polar surface area (TPSA) is 269 Å². The van der Waals surface area contributed by atoms with Crippen LogP contribution in [-0.4, -0.2) is 60.3 Å². The molecule has 0 aromatic carbocycles. The molecule has 8 N–H and O–H groups in total. The predicted octanol–water partition coefficient (Wildman–Crippen LogP) is 7.85. The molecule has 8 rings (SSSR count). The first-order valence-corrected chi connectivity index (χ1v) is 20.0. The maximum Gasteiger partial charge on any atom is 0.212 e. The van der Waals surface area contributed by atoms with Gasteiger partial charge in [0, 0.05) is 36.8 Å². The molecule has 18 heteroatoms. The number of hydrogen-bond acceptors (Lipinski definition) is 16. The van der Waals surface area contributed by atoms with E-state index in [4.69, 9.17) is 31.9 Å². The Balaban J connectivity index is 0.000000152. The van der Waals surface area contributed by atoms with Crippen LogP contribution < -0.4 is 22.9 Å². The Morgan fingerprint density at radius 1 is 0.467 bits per heavy atom. The number of furan rings is 1. The number of hydrogen-bond donors (Lipinski definition) is 4. The minimum absolute atomic E-state index is 0.257. The van der Waals surface area contributed by atoms with E-state index in [1.165, 1.54) is 11.3 Å². The molecule has 60 heavy (non-hydrogen) atoms. The molecule has 8 aromatic rings. The fourth-order valence-electron chi connectivity index (χ4n) is 7.07. The van der Waals surface area contributed by atoms with Crippen LogP contribution in [0.3, 0.4) is 0 Å². The van der Waals surface area contributed by atoms with Crippen molar-refractivity contribution in [3.63, 3.8) is 0 Å². The summed E-state index contributed by atoms with van der Waals surface area (Å²) in [5.74, 6) is 2.26. The first-order chi connectivity index (χ1) is 28.1. The molecular weight excluding hydrogens is 761 g/mol. The number of aryl methyl sites for hydroxylation is 7. The Kier molecular flexibility index (Phi) is 13.0. The van der Waals surface area contributed by atoms with Gasteiger partial charge in [-0.2, -0.15) is 25.5 Å². The maximum atomic E-state index is 6.08. The number of nitrogens with two attached hydrogens (primary N) is 4. The van der Waals surface area contributed by atoms with Crippen molar-refractivity contribution in [2.75, 3.05) is 22.9 Å². The maximum absolute atomic E-state index is 6.08. The molecule has 0 atom stereocenters. The Hall–Kier alpha value is -6.46. The molecule has 8 aromatic heterocycles. The quantitative estimate of drug-likeness (QED) is 0.132. The summed E-state index contributed by atoms with van der Waals surface area (Å²) < 4.78 is 14.7. The van der Waals surface area contributed by atoms with E-state index in [0.29, 0.717) is 62.9 Å². The highest BCUT2D eigenvalue weighted by molar-refractivity contribution is 5.92. The van der Waals surface area contributed by atoms with Crippen LogP contribution in [0.15, 0.2) is 8.94 Å². The van der Waals surface area contributed by atoms with Gasteiger partial charge in [-0.25, -0.2) is 0 Å². The lowest BCUT2D eigenvalue weighted by Crippen LogP contribution is -2.00. The van der Waals surface area contributed by atoms with E-state index in [1.807, 2.05) is 55.6 Å². The van der Waals surface area contributed by atoms with Crippen molar-refractivity contribution < 1.29 is 8.94 Å². The lowest BCUT2D eigenvalue weighted by molar-refractivity contribution is 0.442. The molecule has 320 valence electrons. The first kappa shape index (κ1) is 44.6. The highest BCUT2D eigenvalue weighted by atomic mass is 16.5. The molecule has 0 aliphatic rings. The van der Waals surface area contributed by atoms with Crippen molar-refractivity contribution >= 4 is 67.0 Å². The van der Waals surface area contributed by atoms with Gasteiger partial charge >= 0.3 is 0 Å². The smallest absolute Gasteiger partial charge is 0.212 e. The Morgan fingerprint density at radius 3 is 1.43 bits per heavy atom. The molecule has 0 amide bonds. The molecule has 0 aliphatic carbocycles. The van der Waals surface area contributed by atoms with E-state index in [0.717, 1.165) is 67.4 Å². The molecule has 0 bridgehead atoms. The van der Waals surface area contributed by atoms with Crippen LogP contribution in [0.1, 0.15) is 136 Å².